The van der Waals surface area contributed by atoms with Gasteiger partial charge in [-0.05, 0) is 37.6 Å². The first kappa shape index (κ1) is 18.4. The molecule has 6 heteroatoms. The molecule has 0 spiro atoms. The van der Waals surface area contributed by atoms with E-state index in [1.807, 2.05) is 11.9 Å². The molecule has 1 saturated carbocycles. The molecule has 3 atom stereocenters. The van der Waals surface area contributed by atoms with Crippen LogP contribution in [0, 0.1) is 17.3 Å². The molecule has 0 aromatic heterocycles. The van der Waals surface area contributed by atoms with E-state index < -0.39 is 21.7 Å². The van der Waals surface area contributed by atoms with Crippen LogP contribution < -0.4 is 0 Å². The summed E-state index contributed by atoms with van der Waals surface area (Å²) in [5.41, 5.74) is 0.152. The topological polar surface area (TPSA) is 74.7 Å². The van der Waals surface area contributed by atoms with Gasteiger partial charge in [0, 0.05) is 18.8 Å². The van der Waals surface area contributed by atoms with E-state index in [0.717, 1.165) is 12.8 Å². The Hall–Kier alpha value is -0.620. The second kappa shape index (κ2) is 6.65. The maximum atomic E-state index is 11.5. The zero-order valence-corrected chi connectivity index (χ0v) is 14.6. The van der Waals surface area contributed by atoms with Crippen molar-refractivity contribution in [1.29, 1.82) is 0 Å². The molecule has 0 radical (unpaired) electrons. The van der Waals surface area contributed by atoms with E-state index in [1.165, 1.54) is 6.26 Å². The molecule has 1 fully saturated rings. The maximum absolute atomic E-state index is 11.5. The van der Waals surface area contributed by atoms with Gasteiger partial charge in [-0.1, -0.05) is 20.8 Å². The summed E-state index contributed by atoms with van der Waals surface area (Å²) in [4.78, 5) is 13.4. The molecule has 0 saturated heterocycles. The molecule has 0 heterocycles. The van der Waals surface area contributed by atoms with Crippen molar-refractivity contribution in [3.8, 4) is 0 Å². The van der Waals surface area contributed by atoms with Crippen molar-refractivity contribution in [3.05, 3.63) is 0 Å². The van der Waals surface area contributed by atoms with Crippen molar-refractivity contribution in [3.63, 3.8) is 0 Å². The normalized spacial score (nSPS) is 27.8. The van der Waals surface area contributed by atoms with Crippen LogP contribution in [0.2, 0.25) is 0 Å². The van der Waals surface area contributed by atoms with Gasteiger partial charge in [0.2, 0.25) is 0 Å². The molecule has 5 nitrogen and oxygen atoms in total. The van der Waals surface area contributed by atoms with Crippen LogP contribution >= 0.6 is 0 Å². The highest BCUT2D eigenvalue weighted by atomic mass is 32.2. The van der Waals surface area contributed by atoms with E-state index in [2.05, 4.69) is 20.8 Å². The third-order valence-electron chi connectivity index (χ3n) is 4.74. The van der Waals surface area contributed by atoms with Gasteiger partial charge < -0.3 is 10.0 Å². The van der Waals surface area contributed by atoms with E-state index in [0.29, 0.717) is 18.9 Å². The number of nitrogens with zero attached hydrogens (tertiary/aromatic N) is 1. The van der Waals surface area contributed by atoms with Gasteiger partial charge in [-0.3, -0.25) is 4.79 Å². The van der Waals surface area contributed by atoms with E-state index >= 15 is 0 Å². The lowest BCUT2D eigenvalue weighted by Gasteiger charge is -2.43. The Balaban J connectivity index is 2.82. The maximum Gasteiger partial charge on any atom is 0.308 e. The molecule has 1 N–H and O–H groups in total. The van der Waals surface area contributed by atoms with Crippen molar-refractivity contribution in [2.75, 3.05) is 25.6 Å². The smallest absolute Gasteiger partial charge is 0.308 e. The van der Waals surface area contributed by atoms with Crippen molar-refractivity contribution in [2.24, 2.45) is 17.3 Å². The molecule has 1 rings (SSSR count). The SMILES string of the molecule is CN(CCS(C)(=O)=O)C1CC(C(C)(C)C)CCC1C(=O)O. The van der Waals surface area contributed by atoms with Gasteiger partial charge in [-0.2, -0.15) is 0 Å². The zero-order chi connectivity index (χ0) is 16.4. The molecule has 21 heavy (non-hydrogen) atoms. The van der Waals surface area contributed by atoms with Crippen LogP contribution in [0.15, 0.2) is 0 Å². The van der Waals surface area contributed by atoms with Gasteiger partial charge in [0.1, 0.15) is 9.84 Å². The molecule has 0 aromatic rings. The van der Waals surface area contributed by atoms with Crippen LogP contribution in [0.5, 0.6) is 0 Å². The van der Waals surface area contributed by atoms with Gasteiger partial charge in [-0.15, -0.1) is 0 Å². The van der Waals surface area contributed by atoms with E-state index in [-0.39, 0.29) is 17.2 Å². The largest absolute Gasteiger partial charge is 0.481 e. The molecule has 3 unspecified atom stereocenters. The quantitative estimate of drug-likeness (QED) is 0.837. The molecule has 0 aromatic carbocycles. The third-order valence-corrected chi connectivity index (χ3v) is 5.66. The summed E-state index contributed by atoms with van der Waals surface area (Å²) < 4.78 is 22.6. The van der Waals surface area contributed by atoms with Crippen molar-refractivity contribution in [1.82, 2.24) is 4.90 Å². The molecule has 0 amide bonds. The summed E-state index contributed by atoms with van der Waals surface area (Å²) in [6.07, 6.45) is 3.64. The summed E-state index contributed by atoms with van der Waals surface area (Å²) in [6.45, 7) is 6.95. The Morgan fingerprint density at radius 2 is 1.86 bits per heavy atom. The second-order valence-electron chi connectivity index (χ2n) is 7.50. The number of rotatable bonds is 5. The third kappa shape index (κ3) is 5.58. The molecule has 1 aliphatic rings. The predicted octanol–water partition coefficient (Wildman–Crippen LogP) is 1.88. The Kier molecular flexibility index (Phi) is 5.83. The van der Waals surface area contributed by atoms with Gasteiger partial charge >= 0.3 is 5.97 Å². The average Bonchev–Trinajstić information content (AvgIpc) is 2.33. The molecular weight excluding hydrogens is 290 g/mol. The van der Waals surface area contributed by atoms with Crippen LogP contribution in [-0.2, 0) is 14.6 Å². The lowest BCUT2D eigenvalue weighted by molar-refractivity contribution is -0.146. The molecule has 124 valence electrons. The first-order valence-electron chi connectivity index (χ1n) is 7.52. The number of carboxylic acids is 1. The van der Waals surface area contributed by atoms with Crippen molar-refractivity contribution in [2.45, 2.75) is 46.1 Å². The summed E-state index contributed by atoms with van der Waals surface area (Å²) in [6, 6.07) is -0.0813. The van der Waals surface area contributed by atoms with Crippen LogP contribution in [0.4, 0.5) is 0 Å². The Morgan fingerprint density at radius 3 is 2.29 bits per heavy atom. The summed E-state index contributed by atoms with van der Waals surface area (Å²) in [5, 5.41) is 9.43. The number of hydrogen-bond donors (Lipinski definition) is 1. The van der Waals surface area contributed by atoms with Gasteiger partial charge in [0.05, 0.1) is 11.7 Å². The lowest BCUT2D eigenvalue weighted by atomic mass is 9.67. The molecule has 1 aliphatic carbocycles. The Morgan fingerprint density at radius 1 is 1.29 bits per heavy atom. The fraction of sp³-hybridized carbons (Fsp3) is 0.933. The van der Waals surface area contributed by atoms with Gasteiger partial charge in [0.15, 0.2) is 0 Å². The first-order chi connectivity index (χ1) is 9.42. The molecular formula is C15H29NO4S. The fourth-order valence-corrected chi connectivity index (χ4v) is 3.80. The zero-order valence-electron chi connectivity index (χ0n) is 13.8. The van der Waals surface area contributed by atoms with Crippen LogP contribution in [0.3, 0.4) is 0 Å². The standard InChI is InChI=1S/C15H29NO4S/c1-15(2,3)11-6-7-12(14(17)18)13(10-11)16(4)8-9-21(5,19)20/h11-13H,6-10H2,1-5H3,(H,17,18). The first-order valence-corrected chi connectivity index (χ1v) is 9.58. The minimum absolute atomic E-state index is 0.0759. The minimum Gasteiger partial charge on any atom is -0.481 e. The summed E-state index contributed by atoms with van der Waals surface area (Å²) in [7, 11) is -1.18. The Bertz CT molecular complexity index is 467. The number of carbonyl (C=O) groups is 1. The fourth-order valence-electron chi connectivity index (χ4n) is 3.18. The average molecular weight is 319 g/mol. The second-order valence-corrected chi connectivity index (χ2v) is 9.76. The van der Waals surface area contributed by atoms with Crippen molar-refractivity contribution >= 4 is 15.8 Å². The van der Waals surface area contributed by atoms with Crippen LogP contribution in [-0.4, -0.2) is 56.0 Å². The predicted molar refractivity (Wildman–Crippen MR) is 84.1 cm³/mol. The monoisotopic (exact) mass is 319 g/mol. The van der Waals surface area contributed by atoms with Gasteiger partial charge in [-0.25, -0.2) is 8.42 Å². The number of sulfone groups is 1. The van der Waals surface area contributed by atoms with Crippen molar-refractivity contribution < 1.29 is 18.3 Å². The highest BCUT2D eigenvalue weighted by molar-refractivity contribution is 7.90. The molecule has 0 aliphatic heterocycles. The number of hydrogen-bond acceptors (Lipinski definition) is 4. The highest BCUT2D eigenvalue weighted by Crippen LogP contribution is 2.41. The summed E-state index contributed by atoms with van der Waals surface area (Å²) in [5.74, 6) is -0.613. The lowest BCUT2D eigenvalue weighted by Crippen LogP contribution is -2.48. The van der Waals surface area contributed by atoms with E-state index in [9.17, 15) is 18.3 Å². The number of aliphatic carboxylic acids is 1. The summed E-state index contributed by atoms with van der Waals surface area (Å²) >= 11 is 0. The highest BCUT2D eigenvalue weighted by Gasteiger charge is 2.40. The minimum atomic E-state index is -3.03. The Labute approximate surface area is 128 Å². The van der Waals surface area contributed by atoms with E-state index in [4.69, 9.17) is 0 Å². The van der Waals surface area contributed by atoms with Crippen LogP contribution in [0.25, 0.3) is 0 Å². The molecule has 0 bridgehead atoms. The van der Waals surface area contributed by atoms with E-state index in [1.54, 1.807) is 0 Å². The number of carboxylic acid groups (broad SMARTS) is 1. The van der Waals surface area contributed by atoms with Gasteiger partial charge in [0.25, 0.3) is 0 Å². The van der Waals surface area contributed by atoms with Crippen LogP contribution in [0.1, 0.15) is 40.0 Å².